The zero-order chi connectivity index (χ0) is 13.7. The molecule has 1 amide bonds. The number of carbonyl (C=O) groups is 1. The molecule has 0 aliphatic carbocycles. The predicted molar refractivity (Wildman–Crippen MR) is 67.6 cm³/mol. The Balaban J connectivity index is 1.89. The maximum absolute atomic E-state index is 11.8. The van der Waals surface area contributed by atoms with E-state index in [0.717, 1.165) is 6.54 Å². The van der Waals surface area contributed by atoms with Crippen molar-refractivity contribution in [3.05, 3.63) is 39.9 Å². The van der Waals surface area contributed by atoms with Crippen LogP contribution in [0.1, 0.15) is 5.56 Å². The number of nitrogens with zero attached hydrogens (tertiary/aromatic N) is 1. The lowest BCUT2D eigenvalue weighted by molar-refractivity contribution is -0.384. The smallest absolute Gasteiger partial charge is 0.269 e. The molecule has 0 bridgehead atoms. The first-order chi connectivity index (χ1) is 9.16. The number of hydrogen-bond donors (Lipinski definition) is 2. The lowest BCUT2D eigenvalue weighted by Crippen LogP contribution is -2.47. The maximum atomic E-state index is 11.8. The van der Waals surface area contributed by atoms with Crippen molar-refractivity contribution in [3.63, 3.8) is 0 Å². The topological polar surface area (TPSA) is 93.5 Å². The standard InChI is InChI=1S/C12H15N3O4/c16-12(11-8-13-4-5-19-11)14-7-9-2-1-3-10(6-9)15(17)18/h1-3,6,11,13H,4-5,7-8H2,(H,14,16). The van der Waals surface area contributed by atoms with Crippen molar-refractivity contribution in [3.8, 4) is 0 Å². The normalized spacial score (nSPS) is 18.8. The molecular weight excluding hydrogens is 250 g/mol. The molecule has 1 aromatic rings. The Hall–Kier alpha value is -1.99. The van der Waals surface area contributed by atoms with Crippen LogP contribution in [0.3, 0.4) is 0 Å². The molecule has 1 aliphatic rings. The summed E-state index contributed by atoms with van der Waals surface area (Å²) in [7, 11) is 0. The fourth-order valence-electron chi connectivity index (χ4n) is 1.82. The van der Waals surface area contributed by atoms with Gasteiger partial charge in [0.25, 0.3) is 11.6 Å². The summed E-state index contributed by atoms with van der Waals surface area (Å²) in [5.41, 5.74) is 0.702. The minimum Gasteiger partial charge on any atom is -0.366 e. The highest BCUT2D eigenvalue weighted by Gasteiger charge is 2.21. The Kier molecular flexibility index (Phi) is 4.43. The second kappa shape index (κ2) is 6.26. The summed E-state index contributed by atoms with van der Waals surface area (Å²) in [5.74, 6) is -0.210. The summed E-state index contributed by atoms with van der Waals surface area (Å²) in [6.07, 6.45) is -0.493. The van der Waals surface area contributed by atoms with E-state index in [1.54, 1.807) is 12.1 Å². The molecule has 1 atom stereocenters. The molecule has 1 unspecified atom stereocenters. The molecule has 7 heteroatoms. The minimum absolute atomic E-state index is 0.0160. The van der Waals surface area contributed by atoms with E-state index in [2.05, 4.69) is 10.6 Å². The Morgan fingerprint density at radius 1 is 1.58 bits per heavy atom. The van der Waals surface area contributed by atoms with E-state index < -0.39 is 11.0 Å². The summed E-state index contributed by atoms with van der Waals surface area (Å²) >= 11 is 0. The van der Waals surface area contributed by atoms with Crippen molar-refractivity contribution in [2.75, 3.05) is 19.7 Å². The van der Waals surface area contributed by atoms with Crippen molar-refractivity contribution < 1.29 is 14.5 Å². The van der Waals surface area contributed by atoms with Gasteiger partial charge in [-0.3, -0.25) is 14.9 Å². The van der Waals surface area contributed by atoms with Crippen molar-refractivity contribution >= 4 is 11.6 Å². The number of nitro groups is 1. The number of hydrogen-bond acceptors (Lipinski definition) is 5. The minimum atomic E-state index is -0.493. The SMILES string of the molecule is O=C(NCc1cccc([N+](=O)[O-])c1)C1CNCCO1. The van der Waals surface area contributed by atoms with Gasteiger partial charge in [-0.2, -0.15) is 0 Å². The molecule has 1 aliphatic heterocycles. The van der Waals surface area contributed by atoms with Crippen molar-refractivity contribution in [1.29, 1.82) is 0 Å². The van der Waals surface area contributed by atoms with Gasteiger partial charge in [-0.15, -0.1) is 0 Å². The summed E-state index contributed by atoms with van der Waals surface area (Å²) in [6, 6.07) is 6.19. The Bertz CT molecular complexity index is 472. The summed E-state index contributed by atoms with van der Waals surface area (Å²) in [5, 5.41) is 16.4. The van der Waals surface area contributed by atoms with Crippen LogP contribution in [0.5, 0.6) is 0 Å². The second-order valence-corrected chi connectivity index (χ2v) is 4.21. The maximum Gasteiger partial charge on any atom is 0.269 e. The van der Waals surface area contributed by atoms with Gasteiger partial charge in [-0.25, -0.2) is 0 Å². The van der Waals surface area contributed by atoms with Gasteiger partial charge in [0, 0.05) is 31.8 Å². The third kappa shape index (κ3) is 3.73. The fraction of sp³-hybridized carbons (Fsp3) is 0.417. The molecule has 7 nitrogen and oxygen atoms in total. The third-order valence-corrected chi connectivity index (χ3v) is 2.81. The number of nitro benzene ring substituents is 1. The first-order valence-electron chi connectivity index (χ1n) is 6.00. The number of morpholine rings is 1. The third-order valence-electron chi connectivity index (χ3n) is 2.81. The van der Waals surface area contributed by atoms with E-state index in [0.29, 0.717) is 18.7 Å². The van der Waals surface area contributed by atoms with Crippen molar-refractivity contribution in [2.45, 2.75) is 12.6 Å². The first kappa shape index (κ1) is 13.4. The van der Waals surface area contributed by atoms with Crippen LogP contribution in [0, 0.1) is 10.1 Å². The van der Waals surface area contributed by atoms with Gasteiger partial charge in [0.15, 0.2) is 0 Å². The molecule has 1 heterocycles. The predicted octanol–water partition coefficient (Wildman–Crippen LogP) is 0.199. The van der Waals surface area contributed by atoms with Crippen LogP contribution in [-0.2, 0) is 16.1 Å². The fourth-order valence-corrected chi connectivity index (χ4v) is 1.82. The van der Waals surface area contributed by atoms with Crippen molar-refractivity contribution in [1.82, 2.24) is 10.6 Å². The molecule has 0 radical (unpaired) electrons. The monoisotopic (exact) mass is 265 g/mol. The lowest BCUT2D eigenvalue weighted by Gasteiger charge is -2.22. The lowest BCUT2D eigenvalue weighted by atomic mass is 10.2. The molecular formula is C12H15N3O4. The highest BCUT2D eigenvalue weighted by atomic mass is 16.6. The number of benzene rings is 1. The molecule has 102 valence electrons. The molecule has 1 aromatic carbocycles. The number of nitrogens with one attached hydrogen (secondary N) is 2. The quantitative estimate of drug-likeness (QED) is 0.599. The highest BCUT2D eigenvalue weighted by Crippen LogP contribution is 2.12. The van der Waals surface area contributed by atoms with E-state index in [4.69, 9.17) is 4.74 Å². The summed E-state index contributed by atoms with van der Waals surface area (Å²) < 4.78 is 5.31. The van der Waals surface area contributed by atoms with Crippen LogP contribution in [0.15, 0.2) is 24.3 Å². The van der Waals surface area contributed by atoms with Gasteiger partial charge in [0.1, 0.15) is 6.10 Å². The Morgan fingerprint density at radius 2 is 2.42 bits per heavy atom. The van der Waals surface area contributed by atoms with Gasteiger partial charge in [0.05, 0.1) is 11.5 Å². The molecule has 19 heavy (non-hydrogen) atoms. The zero-order valence-corrected chi connectivity index (χ0v) is 10.3. The molecule has 2 rings (SSSR count). The number of non-ortho nitro benzene ring substituents is 1. The Morgan fingerprint density at radius 3 is 3.11 bits per heavy atom. The van der Waals surface area contributed by atoms with Crippen LogP contribution >= 0.6 is 0 Å². The van der Waals surface area contributed by atoms with E-state index in [1.807, 2.05) is 0 Å². The second-order valence-electron chi connectivity index (χ2n) is 4.21. The number of carbonyl (C=O) groups excluding carboxylic acids is 1. The molecule has 2 N–H and O–H groups in total. The summed E-state index contributed by atoms with van der Waals surface area (Å²) in [4.78, 5) is 21.9. The average Bonchev–Trinajstić information content (AvgIpc) is 2.46. The van der Waals surface area contributed by atoms with E-state index in [9.17, 15) is 14.9 Å². The van der Waals surface area contributed by atoms with E-state index >= 15 is 0 Å². The van der Waals surface area contributed by atoms with Gasteiger partial charge in [-0.05, 0) is 5.56 Å². The molecule has 0 aromatic heterocycles. The van der Waals surface area contributed by atoms with Crippen LogP contribution in [0.4, 0.5) is 5.69 Å². The van der Waals surface area contributed by atoms with Crippen molar-refractivity contribution in [2.24, 2.45) is 0 Å². The van der Waals surface area contributed by atoms with Gasteiger partial charge < -0.3 is 15.4 Å². The zero-order valence-electron chi connectivity index (χ0n) is 10.3. The van der Waals surface area contributed by atoms with Crippen LogP contribution in [0.25, 0.3) is 0 Å². The largest absolute Gasteiger partial charge is 0.366 e. The number of rotatable bonds is 4. The molecule has 0 spiro atoms. The average molecular weight is 265 g/mol. The molecule has 0 saturated carbocycles. The van der Waals surface area contributed by atoms with Crippen LogP contribution in [-0.4, -0.2) is 36.6 Å². The van der Waals surface area contributed by atoms with E-state index in [-0.39, 0.29) is 18.1 Å². The van der Waals surface area contributed by atoms with E-state index in [1.165, 1.54) is 12.1 Å². The number of ether oxygens (including phenoxy) is 1. The Labute approximate surface area is 110 Å². The van der Waals surface area contributed by atoms with Crippen LogP contribution in [0.2, 0.25) is 0 Å². The van der Waals surface area contributed by atoms with Crippen LogP contribution < -0.4 is 10.6 Å². The molecule has 1 saturated heterocycles. The molecule has 1 fully saturated rings. The van der Waals surface area contributed by atoms with Gasteiger partial charge >= 0.3 is 0 Å². The van der Waals surface area contributed by atoms with Gasteiger partial charge in [0.2, 0.25) is 0 Å². The van der Waals surface area contributed by atoms with Gasteiger partial charge in [-0.1, -0.05) is 12.1 Å². The summed E-state index contributed by atoms with van der Waals surface area (Å²) in [6.45, 7) is 1.99. The first-order valence-corrected chi connectivity index (χ1v) is 6.00. The number of amides is 1. The highest BCUT2D eigenvalue weighted by molar-refractivity contribution is 5.81.